The molecular formula is C17H21NO3. The van der Waals surface area contributed by atoms with Gasteiger partial charge in [-0.25, -0.2) is 4.79 Å². The summed E-state index contributed by atoms with van der Waals surface area (Å²) in [6, 6.07) is 9.86. The van der Waals surface area contributed by atoms with E-state index in [0.717, 1.165) is 5.56 Å². The van der Waals surface area contributed by atoms with Gasteiger partial charge < -0.3 is 10.8 Å². The number of carboxylic acid groups (broad SMARTS) is 1. The van der Waals surface area contributed by atoms with Gasteiger partial charge in [0, 0.05) is 11.1 Å². The van der Waals surface area contributed by atoms with Gasteiger partial charge in [0.1, 0.15) is 0 Å². The predicted molar refractivity (Wildman–Crippen MR) is 85.5 cm³/mol. The average molecular weight is 287 g/mol. The van der Waals surface area contributed by atoms with Gasteiger partial charge >= 0.3 is 5.97 Å². The number of aliphatic carboxylic acids is 1. The molecule has 1 aromatic rings. The summed E-state index contributed by atoms with van der Waals surface area (Å²) in [7, 11) is 0. The highest BCUT2D eigenvalue weighted by Gasteiger charge is 1.96. The molecule has 0 aliphatic heterocycles. The maximum atomic E-state index is 10.6. The van der Waals surface area contributed by atoms with Crippen LogP contribution in [0.2, 0.25) is 0 Å². The summed E-state index contributed by atoms with van der Waals surface area (Å²) in [4.78, 5) is 20.5. The summed E-state index contributed by atoms with van der Waals surface area (Å²) in [6.07, 6.45) is 5.88. The topological polar surface area (TPSA) is 80.4 Å². The number of carboxylic acids is 1. The predicted octanol–water partition coefficient (Wildman–Crippen LogP) is 3.17. The van der Waals surface area contributed by atoms with Crippen LogP contribution in [0.1, 0.15) is 25.8 Å². The van der Waals surface area contributed by atoms with Gasteiger partial charge in [-0.3, -0.25) is 4.79 Å². The molecule has 0 radical (unpaired) electrons. The van der Waals surface area contributed by atoms with Gasteiger partial charge in [0.05, 0.1) is 0 Å². The Morgan fingerprint density at radius 2 is 1.86 bits per heavy atom. The fraction of sp³-hybridized carbons (Fsp3) is 0.176. The van der Waals surface area contributed by atoms with Gasteiger partial charge in [-0.15, -0.1) is 0 Å². The summed E-state index contributed by atoms with van der Waals surface area (Å²) in [6.45, 7) is 6.82. The molecule has 0 spiro atoms. The van der Waals surface area contributed by atoms with E-state index in [-0.39, 0.29) is 0 Å². The van der Waals surface area contributed by atoms with Crippen LogP contribution in [0.3, 0.4) is 0 Å². The van der Waals surface area contributed by atoms with E-state index in [1.54, 1.807) is 19.9 Å². The van der Waals surface area contributed by atoms with E-state index >= 15 is 0 Å². The van der Waals surface area contributed by atoms with Crippen molar-refractivity contribution in [1.82, 2.24) is 0 Å². The van der Waals surface area contributed by atoms with Crippen LogP contribution in [-0.2, 0) is 9.59 Å². The van der Waals surface area contributed by atoms with Crippen LogP contribution >= 0.6 is 0 Å². The minimum absolute atomic E-state index is 0.389. The van der Waals surface area contributed by atoms with Crippen molar-refractivity contribution in [3.05, 3.63) is 65.8 Å². The quantitative estimate of drug-likeness (QED) is 0.816. The van der Waals surface area contributed by atoms with Crippen molar-refractivity contribution >= 4 is 18.0 Å². The molecule has 0 unspecified atom stereocenters. The number of rotatable bonds is 5. The Kier molecular flexibility index (Phi) is 8.93. The first-order valence-corrected chi connectivity index (χ1v) is 6.43. The third kappa shape index (κ3) is 8.99. The summed E-state index contributed by atoms with van der Waals surface area (Å²) < 4.78 is 0. The van der Waals surface area contributed by atoms with E-state index in [2.05, 4.69) is 6.58 Å². The average Bonchev–Trinajstić information content (AvgIpc) is 2.47. The molecule has 0 saturated heterocycles. The molecule has 4 heteroatoms. The van der Waals surface area contributed by atoms with Crippen molar-refractivity contribution in [3.63, 3.8) is 0 Å². The highest BCUT2D eigenvalue weighted by atomic mass is 16.4. The van der Waals surface area contributed by atoms with Crippen LogP contribution in [0.4, 0.5) is 0 Å². The maximum absolute atomic E-state index is 10.6. The summed E-state index contributed by atoms with van der Waals surface area (Å²) >= 11 is 0. The number of benzene rings is 1. The Morgan fingerprint density at radius 3 is 2.24 bits per heavy atom. The van der Waals surface area contributed by atoms with Crippen molar-refractivity contribution in [2.45, 2.75) is 20.3 Å². The molecule has 1 aromatic carbocycles. The van der Waals surface area contributed by atoms with Crippen LogP contribution in [0, 0.1) is 0 Å². The number of hydrogen-bond donors (Lipinski definition) is 2. The van der Waals surface area contributed by atoms with E-state index in [9.17, 15) is 9.59 Å². The Labute approximate surface area is 125 Å². The molecule has 4 nitrogen and oxygen atoms in total. The van der Waals surface area contributed by atoms with Gasteiger partial charge in [0.25, 0.3) is 0 Å². The van der Waals surface area contributed by atoms with Crippen molar-refractivity contribution in [2.75, 3.05) is 0 Å². The molecule has 21 heavy (non-hydrogen) atoms. The minimum atomic E-state index is -0.845. The largest absolute Gasteiger partial charge is 0.478 e. The molecule has 0 saturated carbocycles. The monoisotopic (exact) mass is 287 g/mol. The van der Waals surface area contributed by atoms with Crippen molar-refractivity contribution in [3.8, 4) is 0 Å². The lowest BCUT2D eigenvalue weighted by atomic mass is 10.1. The minimum Gasteiger partial charge on any atom is -0.478 e. The van der Waals surface area contributed by atoms with Crippen LogP contribution in [0.15, 0.2) is 60.2 Å². The number of carbonyl (C=O) groups excluding carboxylic acids is 1. The number of amides is 1. The lowest BCUT2D eigenvalue weighted by Crippen LogP contribution is -2.12. The molecule has 0 aromatic heterocycles. The summed E-state index contributed by atoms with van der Waals surface area (Å²) in [5.41, 5.74) is 6.96. The van der Waals surface area contributed by atoms with E-state index in [1.165, 1.54) is 0 Å². The maximum Gasteiger partial charge on any atom is 0.330 e. The second-order valence-electron chi connectivity index (χ2n) is 4.26. The first kappa shape index (κ1) is 18.4. The van der Waals surface area contributed by atoms with Gasteiger partial charge in [-0.05, 0) is 25.8 Å². The van der Waals surface area contributed by atoms with Crippen LogP contribution in [-0.4, -0.2) is 17.0 Å². The van der Waals surface area contributed by atoms with E-state index in [1.807, 2.05) is 42.5 Å². The Bertz CT molecular complexity index is 542. The molecule has 0 aliphatic carbocycles. The summed E-state index contributed by atoms with van der Waals surface area (Å²) in [5, 5.41) is 8.11. The standard InChI is InChI=1S/C12H13NO.C5H8O2/c1-10(12(13)14)6-5-9-11-7-3-2-4-8-11;1-3-4(2)5(6)7/h2-5,7-9H,1,6H2,(H2,13,14);3H,1-2H3,(H,6,7). The zero-order valence-electron chi connectivity index (χ0n) is 12.4. The Morgan fingerprint density at radius 1 is 1.29 bits per heavy atom. The van der Waals surface area contributed by atoms with Crippen molar-refractivity contribution in [2.24, 2.45) is 5.73 Å². The molecule has 0 heterocycles. The molecule has 0 atom stereocenters. The normalized spacial score (nSPS) is 10.7. The zero-order valence-corrected chi connectivity index (χ0v) is 12.4. The van der Waals surface area contributed by atoms with E-state index in [4.69, 9.17) is 10.8 Å². The lowest BCUT2D eigenvalue weighted by Gasteiger charge is -1.94. The number of primary amides is 1. The molecule has 1 amide bonds. The molecule has 0 bridgehead atoms. The SMILES string of the molecule is C=C(CC=Cc1ccccc1)C(N)=O.CC=C(C)C(=O)O. The number of allylic oxidation sites excluding steroid dienone is 2. The smallest absolute Gasteiger partial charge is 0.330 e. The second-order valence-corrected chi connectivity index (χ2v) is 4.26. The van der Waals surface area contributed by atoms with Crippen LogP contribution in [0.5, 0.6) is 0 Å². The van der Waals surface area contributed by atoms with Crippen LogP contribution < -0.4 is 5.73 Å². The molecule has 0 aliphatic rings. The summed E-state index contributed by atoms with van der Waals surface area (Å²) in [5.74, 6) is -1.29. The molecular weight excluding hydrogens is 266 g/mol. The fourth-order valence-electron chi connectivity index (χ4n) is 1.13. The third-order valence-corrected chi connectivity index (χ3v) is 2.59. The highest BCUT2D eigenvalue weighted by Crippen LogP contribution is 2.04. The molecule has 1 rings (SSSR count). The molecule has 3 N–H and O–H groups in total. The van der Waals surface area contributed by atoms with Crippen molar-refractivity contribution < 1.29 is 14.7 Å². The lowest BCUT2D eigenvalue weighted by molar-refractivity contribution is -0.132. The third-order valence-electron chi connectivity index (χ3n) is 2.59. The van der Waals surface area contributed by atoms with Gasteiger partial charge in [0.15, 0.2) is 0 Å². The number of hydrogen-bond acceptors (Lipinski definition) is 2. The van der Waals surface area contributed by atoms with E-state index in [0.29, 0.717) is 17.6 Å². The first-order chi connectivity index (χ1) is 9.88. The number of carbonyl (C=O) groups is 2. The zero-order chi connectivity index (χ0) is 16.3. The van der Waals surface area contributed by atoms with E-state index < -0.39 is 11.9 Å². The number of nitrogens with two attached hydrogens (primary N) is 1. The van der Waals surface area contributed by atoms with Gasteiger partial charge in [-0.1, -0.05) is 55.1 Å². The second kappa shape index (κ2) is 10.2. The molecule has 0 fully saturated rings. The van der Waals surface area contributed by atoms with Gasteiger partial charge in [0.2, 0.25) is 5.91 Å². The van der Waals surface area contributed by atoms with Crippen LogP contribution in [0.25, 0.3) is 6.08 Å². The highest BCUT2D eigenvalue weighted by molar-refractivity contribution is 5.91. The molecule has 112 valence electrons. The first-order valence-electron chi connectivity index (χ1n) is 6.43. The Hall–Kier alpha value is -2.62. The Balaban J connectivity index is 0.000000486. The van der Waals surface area contributed by atoms with Gasteiger partial charge in [-0.2, -0.15) is 0 Å². The fourth-order valence-corrected chi connectivity index (χ4v) is 1.13. The van der Waals surface area contributed by atoms with Crippen molar-refractivity contribution in [1.29, 1.82) is 0 Å².